The van der Waals surface area contributed by atoms with Crippen LogP contribution in [0.5, 0.6) is 5.75 Å². The zero-order valence-electron chi connectivity index (χ0n) is 13.3. The molecule has 7 N–H and O–H groups in total. The Bertz CT molecular complexity index is 610. The molecular weight excluding hydrogens is 350 g/mol. The van der Waals surface area contributed by atoms with Crippen LogP contribution >= 0.6 is 12.6 Å². The molecule has 3 atom stereocenters. The molecule has 2 amide bonds. The number of hydrogen-bond donors (Lipinski definition) is 7. The van der Waals surface area contributed by atoms with Crippen molar-refractivity contribution in [3.63, 3.8) is 0 Å². The summed E-state index contributed by atoms with van der Waals surface area (Å²) in [6.07, 6.45) is 0.182. The van der Waals surface area contributed by atoms with E-state index in [-0.39, 0.29) is 17.9 Å². The Morgan fingerprint density at radius 3 is 2.12 bits per heavy atom. The van der Waals surface area contributed by atoms with Crippen molar-refractivity contribution in [2.24, 2.45) is 5.73 Å². The molecule has 0 bridgehead atoms. The molecule has 0 aliphatic heterocycles. The predicted molar refractivity (Wildman–Crippen MR) is 92.2 cm³/mol. The van der Waals surface area contributed by atoms with Gasteiger partial charge in [-0.15, -0.1) is 0 Å². The lowest BCUT2D eigenvalue weighted by Crippen LogP contribution is -2.56. The molecule has 0 aliphatic carbocycles. The van der Waals surface area contributed by atoms with Gasteiger partial charge in [0.2, 0.25) is 11.8 Å². The van der Waals surface area contributed by atoms with Crippen LogP contribution in [-0.4, -0.2) is 63.6 Å². The van der Waals surface area contributed by atoms with Gasteiger partial charge < -0.3 is 31.7 Å². The van der Waals surface area contributed by atoms with Crippen molar-refractivity contribution in [1.82, 2.24) is 10.6 Å². The number of phenolic OH excluding ortho intramolecular Hbond substituents is 1. The maximum absolute atomic E-state index is 12.1. The molecule has 1 aromatic rings. The summed E-state index contributed by atoms with van der Waals surface area (Å²) in [4.78, 5) is 34.9. The molecule has 25 heavy (non-hydrogen) atoms. The number of aliphatic carboxylic acids is 1. The summed E-state index contributed by atoms with van der Waals surface area (Å²) in [7, 11) is 0. The van der Waals surface area contributed by atoms with Gasteiger partial charge in [-0.3, -0.25) is 9.59 Å². The van der Waals surface area contributed by atoms with Gasteiger partial charge in [0.25, 0.3) is 0 Å². The normalized spacial score (nSPS) is 14.2. The Morgan fingerprint density at radius 1 is 1.08 bits per heavy atom. The first-order valence-electron chi connectivity index (χ1n) is 7.37. The number of hydrogen-bond acceptors (Lipinski definition) is 7. The number of aromatic hydroxyl groups is 1. The molecule has 0 saturated carbocycles. The van der Waals surface area contributed by atoms with Crippen LogP contribution in [0.25, 0.3) is 0 Å². The summed E-state index contributed by atoms with van der Waals surface area (Å²) in [5.41, 5.74) is 6.52. The molecule has 0 aromatic heterocycles. The Kier molecular flexibility index (Phi) is 8.19. The van der Waals surface area contributed by atoms with Crippen LogP contribution in [-0.2, 0) is 20.8 Å². The number of phenols is 1. The van der Waals surface area contributed by atoms with Crippen molar-refractivity contribution in [2.45, 2.75) is 24.5 Å². The number of benzene rings is 1. The number of rotatable bonds is 9. The molecule has 0 aliphatic rings. The largest absolute Gasteiger partial charge is 0.508 e. The summed E-state index contributed by atoms with van der Waals surface area (Å²) in [5, 5.41) is 31.4. The Balaban J connectivity index is 2.63. The number of nitrogens with one attached hydrogen (secondary N) is 2. The van der Waals surface area contributed by atoms with Gasteiger partial charge in [0.15, 0.2) is 0 Å². The van der Waals surface area contributed by atoms with E-state index in [0.717, 1.165) is 5.56 Å². The maximum atomic E-state index is 12.1. The van der Waals surface area contributed by atoms with E-state index in [2.05, 4.69) is 23.3 Å². The Hall–Kier alpha value is -2.30. The first kappa shape index (κ1) is 20.7. The Labute approximate surface area is 149 Å². The topological polar surface area (TPSA) is 162 Å². The van der Waals surface area contributed by atoms with Gasteiger partial charge in [-0.05, 0) is 24.1 Å². The highest BCUT2D eigenvalue weighted by Crippen LogP contribution is 2.11. The van der Waals surface area contributed by atoms with Crippen LogP contribution < -0.4 is 16.4 Å². The van der Waals surface area contributed by atoms with Crippen LogP contribution in [0.1, 0.15) is 5.56 Å². The minimum atomic E-state index is -1.47. The minimum Gasteiger partial charge on any atom is -0.508 e. The molecule has 0 radical (unpaired) electrons. The SMILES string of the molecule is NC(Cc1ccc(O)cc1)C(=O)NC(CS)C(=O)NC(CO)C(=O)O. The third kappa shape index (κ3) is 6.61. The van der Waals surface area contributed by atoms with Gasteiger partial charge in [0.05, 0.1) is 12.6 Å². The summed E-state index contributed by atoms with van der Waals surface area (Å²) in [5.74, 6) is -2.80. The number of aliphatic hydroxyl groups excluding tert-OH is 1. The molecule has 9 nitrogen and oxygen atoms in total. The van der Waals surface area contributed by atoms with Crippen LogP contribution in [0.2, 0.25) is 0 Å². The van der Waals surface area contributed by atoms with Crippen LogP contribution in [0.3, 0.4) is 0 Å². The van der Waals surface area contributed by atoms with E-state index < -0.39 is 42.5 Å². The molecule has 138 valence electrons. The monoisotopic (exact) mass is 371 g/mol. The number of carboxylic acid groups (broad SMARTS) is 1. The van der Waals surface area contributed by atoms with Crippen molar-refractivity contribution in [3.8, 4) is 5.75 Å². The van der Waals surface area contributed by atoms with E-state index >= 15 is 0 Å². The average Bonchev–Trinajstić information content (AvgIpc) is 2.58. The summed E-state index contributed by atoms with van der Waals surface area (Å²) in [6.45, 7) is -0.783. The summed E-state index contributed by atoms with van der Waals surface area (Å²) in [6, 6.07) is 2.63. The molecule has 3 unspecified atom stereocenters. The number of nitrogens with two attached hydrogens (primary N) is 1. The van der Waals surface area contributed by atoms with E-state index in [1.165, 1.54) is 12.1 Å². The molecule has 10 heteroatoms. The van der Waals surface area contributed by atoms with Gasteiger partial charge in [-0.2, -0.15) is 12.6 Å². The number of amides is 2. The number of aliphatic hydroxyl groups is 1. The number of carbonyl (C=O) groups excluding carboxylic acids is 2. The molecule has 0 spiro atoms. The van der Waals surface area contributed by atoms with Crippen molar-refractivity contribution in [3.05, 3.63) is 29.8 Å². The second-order valence-electron chi connectivity index (χ2n) is 5.30. The second-order valence-corrected chi connectivity index (χ2v) is 5.67. The predicted octanol–water partition coefficient (Wildman–Crippen LogP) is -1.76. The first-order valence-corrected chi connectivity index (χ1v) is 8.00. The lowest BCUT2D eigenvalue weighted by atomic mass is 10.1. The fraction of sp³-hybridized carbons (Fsp3) is 0.400. The zero-order valence-corrected chi connectivity index (χ0v) is 14.1. The minimum absolute atomic E-state index is 0.0821. The summed E-state index contributed by atoms with van der Waals surface area (Å²) >= 11 is 3.96. The fourth-order valence-corrected chi connectivity index (χ4v) is 2.17. The molecule has 1 rings (SSSR count). The number of carbonyl (C=O) groups is 3. The smallest absolute Gasteiger partial charge is 0.328 e. The van der Waals surface area contributed by atoms with E-state index in [4.69, 9.17) is 15.9 Å². The lowest BCUT2D eigenvalue weighted by Gasteiger charge is -2.21. The third-order valence-corrected chi connectivity index (χ3v) is 3.71. The molecule has 1 aromatic carbocycles. The van der Waals surface area contributed by atoms with Gasteiger partial charge in [-0.1, -0.05) is 12.1 Å². The lowest BCUT2D eigenvalue weighted by molar-refractivity contribution is -0.143. The Morgan fingerprint density at radius 2 is 1.64 bits per heavy atom. The zero-order chi connectivity index (χ0) is 19.0. The maximum Gasteiger partial charge on any atom is 0.328 e. The van der Waals surface area contributed by atoms with Gasteiger partial charge in [-0.25, -0.2) is 4.79 Å². The number of carboxylic acids is 1. The second kappa shape index (κ2) is 9.87. The molecular formula is C15H21N3O6S. The van der Waals surface area contributed by atoms with E-state index in [1.807, 2.05) is 0 Å². The van der Waals surface area contributed by atoms with Gasteiger partial charge in [0, 0.05) is 5.75 Å². The highest BCUT2D eigenvalue weighted by molar-refractivity contribution is 7.80. The van der Waals surface area contributed by atoms with Crippen molar-refractivity contribution in [2.75, 3.05) is 12.4 Å². The highest BCUT2D eigenvalue weighted by atomic mass is 32.1. The molecule has 0 heterocycles. The van der Waals surface area contributed by atoms with Gasteiger partial charge >= 0.3 is 5.97 Å². The first-order chi connectivity index (χ1) is 11.8. The fourth-order valence-electron chi connectivity index (χ4n) is 1.91. The molecule has 0 saturated heterocycles. The van der Waals surface area contributed by atoms with Crippen molar-refractivity contribution < 1.29 is 29.7 Å². The van der Waals surface area contributed by atoms with Crippen molar-refractivity contribution >= 4 is 30.4 Å². The van der Waals surface area contributed by atoms with E-state index in [1.54, 1.807) is 12.1 Å². The highest BCUT2D eigenvalue weighted by Gasteiger charge is 2.26. The quantitative estimate of drug-likeness (QED) is 0.253. The standard InChI is InChI=1S/C15H21N3O6S/c16-10(5-8-1-3-9(20)4-2-8)13(21)18-12(7-25)14(22)17-11(6-19)15(23)24/h1-4,10-12,19-20,25H,5-7,16H2,(H,17,22)(H,18,21)(H,23,24). The van der Waals surface area contributed by atoms with Gasteiger partial charge in [0.1, 0.15) is 17.8 Å². The average molecular weight is 371 g/mol. The third-order valence-electron chi connectivity index (χ3n) is 3.34. The number of thiol groups is 1. The van der Waals surface area contributed by atoms with E-state index in [9.17, 15) is 19.5 Å². The molecule has 0 fully saturated rings. The van der Waals surface area contributed by atoms with Crippen LogP contribution in [0.15, 0.2) is 24.3 Å². The van der Waals surface area contributed by atoms with Crippen LogP contribution in [0, 0.1) is 0 Å². The van der Waals surface area contributed by atoms with E-state index in [0.29, 0.717) is 0 Å². The van der Waals surface area contributed by atoms with Crippen LogP contribution in [0.4, 0.5) is 0 Å². The summed E-state index contributed by atoms with van der Waals surface area (Å²) < 4.78 is 0. The van der Waals surface area contributed by atoms with Crippen molar-refractivity contribution in [1.29, 1.82) is 0 Å².